The van der Waals surface area contributed by atoms with Crippen molar-refractivity contribution in [2.24, 2.45) is 0 Å². The average Bonchev–Trinajstić information content (AvgIpc) is 2.97. The molecule has 1 aromatic rings. The minimum Gasteiger partial charge on any atom is -0.352 e. The Bertz CT molecular complexity index is 510. The Morgan fingerprint density at radius 1 is 1.23 bits per heavy atom. The highest BCUT2D eigenvalue weighted by atomic mass is 35.5. The molecule has 120 valence electrons. The first-order chi connectivity index (χ1) is 10.5. The predicted octanol–water partition coefficient (Wildman–Crippen LogP) is 2.79. The number of amides is 2. The van der Waals surface area contributed by atoms with E-state index in [1.54, 1.807) is 4.90 Å². The second-order valence-corrected chi connectivity index (χ2v) is 6.30. The molecule has 2 amide bonds. The standard InChI is InChI=1S/C17H23ClN2O2/c1-13(21)20(11-10-14-6-8-15(18)9-7-14)12-17(22)19-16-4-2-3-5-16/h6-9,16H,2-5,10-12H2,1H3,(H,19,22). The molecule has 1 aliphatic rings. The molecule has 22 heavy (non-hydrogen) atoms. The number of nitrogens with one attached hydrogen (secondary N) is 1. The smallest absolute Gasteiger partial charge is 0.239 e. The van der Waals surface area contributed by atoms with Crippen molar-refractivity contribution in [3.05, 3.63) is 34.9 Å². The highest BCUT2D eigenvalue weighted by Crippen LogP contribution is 2.17. The summed E-state index contributed by atoms with van der Waals surface area (Å²) in [5.41, 5.74) is 1.10. The molecule has 2 rings (SSSR count). The molecule has 1 aliphatic carbocycles. The highest BCUT2D eigenvalue weighted by Gasteiger charge is 2.19. The molecule has 0 bridgehead atoms. The number of nitrogens with zero attached hydrogens (tertiary/aromatic N) is 1. The number of carbonyl (C=O) groups excluding carboxylic acids is 2. The van der Waals surface area contributed by atoms with E-state index in [2.05, 4.69) is 5.32 Å². The van der Waals surface area contributed by atoms with Crippen molar-refractivity contribution in [2.45, 2.75) is 45.1 Å². The molecule has 0 aromatic heterocycles. The summed E-state index contributed by atoms with van der Waals surface area (Å²) >= 11 is 5.86. The molecule has 0 saturated heterocycles. The molecular formula is C17H23ClN2O2. The molecule has 0 aliphatic heterocycles. The highest BCUT2D eigenvalue weighted by molar-refractivity contribution is 6.30. The van der Waals surface area contributed by atoms with Gasteiger partial charge in [0.25, 0.3) is 0 Å². The summed E-state index contributed by atoms with van der Waals surface area (Å²) in [5.74, 6) is -0.131. The van der Waals surface area contributed by atoms with E-state index in [9.17, 15) is 9.59 Å². The van der Waals surface area contributed by atoms with Crippen LogP contribution in [0.2, 0.25) is 5.02 Å². The number of halogens is 1. The van der Waals surface area contributed by atoms with Gasteiger partial charge in [-0.3, -0.25) is 9.59 Å². The van der Waals surface area contributed by atoms with Gasteiger partial charge in [-0.05, 0) is 37.0 Å². The molecule has 1 N–H and O–H groups in total. The molecule has 0 heterocycles. The molecule has 0 atom stereocenters. The van der Waals surface area contributed by atoms with Crippen LogP contribution in [0.25, 0.3) is 0 Å². The van der Waals surface area contributed by atoms with Crippen LogP contribution in [-0.2, 0) is 16.0 Å². The molecule has 0 unspecified atom stereocenters. The lowest BCUT2D eigenvalue weighted by Gasteiger charge is -2.22. The van der Waals surface area contributed by atoms with Gasteiger partial charge in [-0.15, -0.1) is 0 Å². The van der Waals surface area contributed by atoms with Gasteiger partial charge in [0.1, 0.15) is 0 Å². The second kappa shape index (κ2) is 8.18. The fourth-order valence-electron chi connectivity index (χ4n) is 2.78. The van der Waals surface area contributed by atoms with E-state index < -0.39 is 0 Å². The lowest BCUT2D eigenvalue weighted by molar-refractivity contribution is -0.134. The fraction of sp³-hybridized carbons (Fsp3) is 0.529. The molecule has 1 fully saturated rings. The van der Waals surface area contributed by atoms with Crippen LogP contribution in [0.4, 0.5) is 0 Å². The fourth-order valence-corrected chi connectivity index (χ4v) is 2.91. The summed E-state index contributed by atoms with van der Waals surface area (Å²) < 4.78 is 0. The second-order valence-electron chi connectivity index (χ2n) is 5.87. The van der Waals surface area contributed by atoms with E-state index in [1.165, 1.54) is 19.8 Å². The van der Waals surface area contributed by atoms with E-state index in [4.69, 9.17) is 11.6 Å². The van der Waals surface area contributed by atoms with Crippen molar-refractivity contribution >= 4 is 23.4 Å². The van der Waals surface area contributed by atoms with Crippen LogP contribution in [0, 0.1) is 0 Å². The zero-order chi connectivity index (χ0) is 15.9. The molecule has 1 saturated carbocycles. The number of carbonyl (C=O) groups is 2. The summed E-state index contributed by atoms with van der Waals surface area (Å²) in [6.45, 7) is 2.18. The average molecular weight is 323 g/mol. The minimum atomic E-state index is -0.0736. The third-order valence-corrected chi connectivity index (χ3v) is 4.34. The van der Waals surface area contributed by atoms with E-state index in [1.807, 2.05) is 24.3 Å². The van der Waals surface area contributed by atoms with Gasteiger partial charge in [-0.1, -0.05) is 36.6 Å². The molecule has 0 radical (unpaired) electrons. The molecule has 1 aromatic carbocycles. The van der Waals surface area contributed by atoms with Crippen molar-refractivity contribution in [1.29, 1.82) is 0 Å². The van der Waals surface area contributed by atoms with Gasteiger partial charge in [0.2, 0.25) is 11.8 Å². The van der Waals surface area contributed by atoms with Crippen molar-refractivity contribution in [3.8, 4) is 0 Å². The maximum Gasteiger partial charge on any atom is 0.239 e. The quantitative estimate of drug-likeness (QED) is 0.875. The van der Waals surface area contributed by atoms with E-state index in [0.717, 1.165) is 18.4 Å². The zero-order valence-electron chi connectivity index (χ0n) is 13.0. The number of benzene rings is 1. The van der Waals surface area contributed by atoms with Crippen molar-refractivity contribution in [1.82, 2.24) is 10.2 Å². The SMILES string of the molecule is CC(=O)N(CCc1ccc(Cl)cc1)CC(=O)NC1CCCC1. The third kappa shape index (κ3) is 5.34. The summed E-state index contributed by atoms with van der Waals surface area (Å²) in [4.78, 5) is 25.4. The van der Waals surface area contributed by atoms with E-state index in [0.29, 0.717) is 18.0 Å². The van der Waals surface area contributed by atoms with Crippen LogP contribution < -0.4 is 5.32 Å². The number of hydrogen-bond acceptors (Lipinski definition) is 2. The number of hydrogen-bond donors (Lipinski definition) is 1. The van der Waals surface area contributed by atoms with Gasteiger partial charge in [0.05, 0.1) is 6.54 Å². The van der Waals surface area contributed by atoms with Crippen LogP contribution in [-0.4, -0.2) is 35.8 Å². The predicted molar refractivity (Wildman–Crippen MR) is 87.8 cm³/mol. The van der Waals surface area contributed by atoms with Crippen LogP contribution >= 0.6 is 11.6 Å². The maximum absolute atomic E-state index is 12.0. The van der Waals surface area contributed by atoms with Gasteiger partial charge in [-0.2, -0.15) is 0 Å². The number of rotatable bonds is 6. The zero-order valence-corrected chi connectivity index (χ0v) is 13.7. The van der Waals surface area contributed by atoms with Gasteiger partial charge in [0.15, 0.2) is 0 Å². The van der Waals surface area contributed by atoms with Crippen LogP contribution in [0.1, 0.15) is 38.2 Å². The topological polar surface area (TPSA) is 49.4 Å². The van der Waals surface area contributed by atoms with Gasteiger partial charge in [0, 0.05) is 24.5 Å². The monoisotopic (exact) mass is 322 g/mol. The third-order valence-electron chi connectivity index (χ3n) is 4.08. The van der Waals surface area contributed by atoms with Crippen molar-refractivity contribution in [2.75, 3.05) is 13.1 Å². The summed E-state index contributed by atoms with van der Waals surface area (Å²) in [5, 5.41) is 3.72. The van der Waals surface area contributed by atoms with Gasteiger partial charge in [-0.25, -0.2) is 0 Å². The van der Waals surface area contributed by atoms with Crippen molar-refractivity contribution in [3.63, 3.8) is 0 Å². The maximum atomic E-state index is 12.0. The molecule has 0 spiro atoms. The van der Waals surface area contributed by atoms with Crippen LogP contribution in [0.15, 0.2) is 24.3 Å². The Balaban J connectivity index is 1.82. The lowest BCUT2D eigenvalue weighted by Crippen LogP contribution is -2.43. The Kier molecular flexibility index (Phi) is 6.25. The Morgan fingerprint density at radius 3 is 2.45 bits per heavy atom. The molecular weight excluding hydrogens is 300 g/mol. The summed E-state index contributed by atoms with van der Waals surface area (Å²) in [7, 11) is 0. The largest absolute Gasteiger partial charge is 0.352 e. The Hall–Kier alpha value is -1.55. The lowest BCUT2D eigenvalue weighted by atomic mass is 10.1. The molecule has 4 nitrogen and oxygen atoms in total. The molecule has 5 heteroatoms. The van der Waals surface area contributed by atoms with E-state index >= 15 is 0 Å². The van der Waals surface area contributed by atoms with Crippen LogP contribution in [0.3, 0.4) is 0 Å². The van der Waals surface area contributed by atoms with Gasteiger partial charge >= 0.3 is 0 Å². The van der Waals surface area contributed by atoms with Crippen LogP contribution in [0.5, 0.6) is 0 Å². The first-order valence-corrected chi connectivity index (χ1v) is 8.21. The normalized spacial score (nSPS) is 14.8. The summed E-state index contributed by atoms with van der Waals surface area (Å²) in [6.07, 6.45) is 5.18. The summed E-state index contributed by atoms with van der Waals surface area (Å²) in [6, 6.07) is 7.85. The first kappa shape index (κ1) is 16.8. The minimum absolute atomic E-state index is 0.0572. The van der Waals surface area contributed by atoms with E-state index in [-0.39, 0.29) is 24.4 Å². The van der Waals surface area contributed by atoms with Gasteiger partial charge < -0.3 is 10.2 Å². The Labute approximate surface area is 136 Å². The first-order valence-electron chi connectivity index (χ1n) is 7.84. The Morgan fingerprint density at radius 2 is 1.86 bits per heavy atom. The van der Waals surface area contributed by atoms with Crippen molar-refractivity contribution < 1.29 is 9.59 Å².